The Morgan fingerprint density at radius 3 is 2.60 bits per heavy atom. The molecule has 3 nitrogen and oxygen atoms in total. The van der Waals surface area contributed by atoms with Gasteiger partial charge in [-0.1, -0.05) is 0 Å². The third kappa shape index (κ3) is 3.27. The zero-order valence-electron chi connectivity index (χ0n) is 11.1. The molecule has 20 heavy (non-hydrogen) atoms. The van der Waals surface area contributed by atoms with E-state index in [0.29, 0.717) is 16.9 Å². The molecule has 0 spiro atoms. The average molecular weight is 289 g/mol. The first-order valence-electron chi connectivity index (χ1n) is 6.22. The maximum Gasteiger partial charge on any atom is 0.401 e. The predicted octanol–water partition coefficient (Wildman–Crippen LogP) is 3.41. The number of fused-ring (bicyclic) bond motifs is 1. The van der Waals surface area contributed by atoms with Crippen molar-refractivity contribution < 1.29 is 17.6 Å². The number of nitrogens with zero attached hydrogens (tertiary/aromatic N) is 2. The molecule has 0 bridgehead atoms. The first kappa shape index (κ1) is 14.8. The molecular weight excluding hydrogens is 274 g/mol. The van der Waals surface area contributed by atoms with Gasteiger partial charge in [0.1, 0.15) is 11.6 Å². The fraction of sp³-hybridized carbons (Fsp3) is 0.462. The van der Waals surface area contributed by atoms with E-state index in [-0.39, 0.29) is 12.6 Å². The van der Waals surface area contributed by atoms with Crippen LogP contribution in [0.25, 0.3) is 11.0 Å². The molecule has 1 aromatic carbocycles. The van der Waals surface area contributed by atoms with Crippen molar-refractivity contribution in [3.8, 4) is 0 Å². The van der Waals surface area contributed by atoms with Crippen LogP contribution < -0.4 is 5.32 Å². The molecule has 0 saturated heterocycles. The highest BCUT2D eigenvalue weighted by Gasteiger charge is 2.26. The predicted molar refractivity (Wildman–Crippen MR) is 67.8 cm³/mol. The van der Waals surface area contributed by atoms with Gasteiger partial charge in [-0.15, -0.1) is 0 Å². The molecule has 0 saturated carbocycles. The van der Waals surface area contributed by atoms with Crippen molar-refractivity contribution in [2.75, 3.05) is 6.54 Å². The summed E-state index contributed by atoms with van der Waals surface area (Å²) in [6.45, 7) is 2.70. The fourth-order valence-electron chi connectivity index (χ4n) is 2.14. The molecule has 0 aliphatic carbocycles. The zero-order chi connectivity index (χ0) is 14.9. The lowest BCUT2D eigenvalue weighted by atomic mass is 10.3. The molecule has 0 atom stereocenters. The van der Waals surface area contributed by atoms with Crippen LogP contribution in [-0.4, -0.2) is 22.3 Å². The zero-order valence-corrected chi connectivity index (χ0v) is 11.1. The van der Waals surface area contributed by atoms with Crippen molar-refractivity contribution in [2.24, 2.45) is 0 Å². The number of hydrogen-bond donors (Lipinski definition) is 1. The van der Waals surface area contributed by atoms with E-state index >= 15 is 0 Å². The Bertz CT molecular complexity index is 601. The van der Waals surface area contributed by atoms with Crippen molar-refractivity contribution in [3.63, 3.8) is 0 Å². The minimum atomic E-state index is -4.26. The highest BCUT2D eigenvalue weighted by molar-refractivity contribution is 5.76. The third-order valence-corrected chi connectivity index (χ3v) is 2.85. The van der Waals surface area contributed by atoms with Crippen molar-refractivity contribution in [2.45, 2.75) is 32.6 Å². The molecule has 0 unspecified atom stereocenters. The van der Waals surface area contributed by atoms with Crippen molar-refractivity contribution >= 4 is 11.0 Å². The van der Waals surface area contributed by atoms with Crippen molar-refractivity contribution in [3.05, 3.63) is 29.8 Å². The van der Waals surface area contributed by atoms with Crippen LogP contribution in [0.3, 0.4) is 0 Å². The average Bonchev–Trinajstić information content (AvgIpc) is 2.64. The van der Waals surface area contributed by atoms with E-state index in [4.69, 9.17) is 0 Å². The van der Waals surface area contributed by atoms with Crippen LogP contribution in [0.5, 0.6) is 0 Å². The van der Waals surface area contributed by atoms with E-state index in [0.717, 1.165) is 0 Å². The summed E-state index contributed by atoms with van der Waals surface area (Å²) in [6, 6.07) is 4.20. The molecule has 0 amide bonds. The molecule has 0 aliphatic heterocycles. The number of alkyl halides is 3. The van der Waals surface area contributed by atoms with Crippen LogP contribution in [-0.2, 0) is 6.54 Å². The maximum absolute atomic E-state index is 13.2. The molecule has 0 fully saturated rings. The topological polar surface area (TPSA) is 29.9 Å². The van der Waals surface area contributed by atoms with E-state index in [2.05, 4.69) is 10.3 Å². The highest BCUT2D eigenvalue weighted by Crippen LogP contribution is 2.22. The summed E-state index contributed by atoms with van der Waals surface area (Å²) < 4.78 is 51.4. The second-order valence-corrected chi connectivity index (χ2v) is 4.84. The van der Waals surface area contributed by atoms with Crippen LogP contribution >= 0.6 is 0 Å². The molecular formula is C13H15F4N3. The van der Waals surface area contributed by atoms with E-state index in [9.17, 15) is 17.6 Å². The first-order valence-corrected chi connectivity index (χ1v) is 6.22. The number of rotatable bonds is 4. The van der Waals surface area contributed by atoms with Crippen LogP contribution in [0.4, 0.5) is 17.6 Å². The summed E-state index contributed by atoms with van der Waals surface area (Å²) in [5.41, 5.74) is 1.16. The van der Waals surface area contributed by atoms with Crippen molar-refractivity contribution in [1.29, 1.82) is 0 Å². The van der Waals surface area contributed by atoms with Gasteiger partial charge in [0, 0.05) is 12.1 Å². The Morgan fingerprint density at radius 1 is 1.30 bits per heavy atom. The van der Waals surface area contributed by atoms with E-state index in [1.165, 1.54) is 12.1 Å². The molecule has 1 aromatic heterocycles. The normalized spacial score (nSPS) is 12.6. The lowest BCUT2D eigenvalue weighted by molar-refractivity contribution is -0.125. The molecule has 0 radical (unpaired) electrons. The largest absolute Gasteiger partial charge is 0.401 e. The second kappa shape index (κ2) is 5.40. The number of aromatic nitrogens is 2. The van der Waals surface area contributed by atoms with Crippen LogP contribution in [0.1, 0.15) is 25.7 Å². The highest BCUT2D eigenvalue weighted by atomic mass is 19.4. The lowest BCUT2D eigenvalue weighted by Gasteiger charge is -2.14. The summed E-state index contributed by atoms with van der Waals surface area (Å²) in [5, 5.41) is 2.31. The van der Waals surface area contributed by atoms with Gasteiger partial charge < -0.3 is 9.88 Å². The minimum absolute atomic E-state index is 0.0199. The van der Waals surface area contributed by atoms with Crippen LogP contribution in [0.15, 0.2) is 18.2 Å². The number of nitrogens with one attached hydrogen (secondary N) is 1. The van der Waals surface area contributed by atoms with Gasteiger partial charge in [0.05, 0.1) is 24.1 Å². The Morgan fingerprint density at radius 2 is 2.00 bits per heavy atom. The first-order chi connectivity index (χ1) is 9.28. The second-order valence-electron chi connectivity index (χ2n) is 4.84. The summed E-state index contributed by atoms with van der Waals surface area (Å²) in [5.74, 6) is 0.0468. The van der Waals surface area contributed by atoms with Crippen LogP contribution in [0, 0.1) is 5.82 Å². The molecule has 7 heteroatoms. The third-order valence-electron chi connectivity index (χ3n) is 2.85. The minimum Gasteiger partial charge on any atom is -0.324 e. The lowest BCUT2D eigenvalue weighted by Crippen LogP contribution is -2.29. The van der Waals surface area contributed by atoms with Gasteiger partial charge in [-0.3, -0.25) is 0 Å². The molecule has 2 rings (SSSR count). The van der Waals surface area contributed by atoms with E-state index in [1.807, 2.05) is 13.8 Å². The van der Waals surface area contributed by atoms with Gasteiger partial charge in [0.25, 0.3) is 0 Å². The van der Waals surface area contributed by atoms with Gasteiger partial charge in [0.15, 0.2) is 0 Å². The Kier molecular flexibility index (Phi) is 3.99. The standard InChI is InChI=1S/C13H15F4N3/c1-8(2)20-11-4-3-9(14)5-10(11)19-12(20)6-18-7-13(15,16)17/h3-5,8,18H,6-7H2,1-2H3. The van der Waals surface area contributed by atoms with Gasteiger partial charge in [-0.05, 0) is 26.0 Å². The van der Waals surface area contributed by atoms with Gasteiger partial charge in [0.2, 0.25) is 0 Å². The van der Waals surface area contributed by atoms with Crippen molar-refractivity contribution in [1.82, 2.24) is 14.9 Å². The summed E-state index contributed by atoms with van der Waals surface area (Å²) in [7, 11) is 0. The molecule has 110 valence electrons. The maximum atomic E-state index is 13.2. The molecule has 2 aromatic rings. The number of halogens is 4. The summed E-state index contributed by atoms with van der Waals surface area (Å²) in [4.78, 5) is 4.21. The van der Waals surface area contributed by atoms with Gasteiger partial charge >= 0.3 is 6.18 Å². The Labute approximate surface area is 113 Å². The monoisotopic (exact) mass is 289 g/mol. The van der Waals surface area contributed by atoms with E-state index < -0.39 is 18.5 Å². The fourth-order valence-corrected chi connectivity index (χ4v) is 2.14. The van der Waals surface area contributed by atoms with Crippen LogP contribution in [0.2, 0.25) is 0 Å². The number of benzene rings is 1. The Hall–Kier alpha value is -1.63. The Balaban J connectivity index is 2.30. The summed E-state index contributed by atoms with van der Waals surface area (Å²) in [6.07, 6.45) is -4.26. The summed E-state index contributed by atoms with van der Waals surface area (Å²) >= 11 is 0. The molecule has 1 N–H and O–H groups in total. The number of hydrogen-bond acceptors (Lipinski definition) is 2. The molecule has 1 heterocycles. The number of imidazole rings is 1. The smallest absolute Gasteiger partial charge is 0.324 e. The molecule has 0 aliphatic rings. The SMILES string of the molecule is CC(C)n1c(CNCC(F)(F)F)nc2cc(F)ccc21. The van der Waals surface area contributed by atoms with Gasteiger partial charge in [-0.2, -0.15) is 13.2 Å². The van der Waals surface area contributed by atoms with Gasteiger partial charge in [-0.25, -0.2) is 9.37 Å². The van der Waals surface area contributed by atoms with E-state index in [1.54, 1.807) is 10.6 Å². The quantitative estimate of drug-likeness (QED) is 0.874.